The smallest absolute Gasteiger partial charge is 0.372 e. The van der Waals surface area contributed by atoms with Gasteiger partial charge in [-0.05, 0) is 48.1 Å². The number of hydrogen-bond donors (Lipinski definition) is 1. The zero-order valence-electron chi connectivity index (χ0n) is 20.2. The minimum Gasteiger partial charge on any atom is -0.372 e. The Morgan fingerprint density at radius 3 is 2.38 bits per heavy atom. The van der Waals surface area contributed by atoms with Crippen LogP contribution in [-0.2, 0) is 23.5 Å². The van der Waals surface area contributed by atoms with Gasteiger partial charge >= 0.3 is 6.18 Å². The number of oxime groups is 1. The third kappa shape index (κ3) is 5.37. The maximum Gasteiger partial charge on any atom is 0.435 e. The predicted octanol–water partition coefficient (Wildman–Crippen LogP) is 6.59. The fourth-order valence-electron chi connectivity index (χ4n) is 5.07. The lowest BCUT2D eigenvalue weighted by molar-refractivity contribution is -0.275. The van der Waals surface area contributed by atoms with Crippen LogP contribution >= 0.6 is 23.2 Å². The number of nitrogens with zero attached hydrogens (tertiary/aromatic N) is 3. The Hall–Kier alpha value is -2.73. The van der Waals surface area contributed by atoms with Gasteiger partial charge in [0.25, 0.3) is 11.5 Å². The van der Waals surface area contributed by atoms with E-state index in [2.05, 4.69) is 15.5 Å². The molecule has 0 radical (unpaired) electrons. The SMILES string of the molecule is O=C(NCC1CCC(F)(F)CC1)c1cc2c(cn1)CN(C1=NOC(c3cc(Cl)c(F)c(Cl)c3)(C(F)(F)F)C1)C2. The molecule has 0 spiro atoms. The van der Waals surface area contributed by atoms with Crippen molar-refractivity contribution in [3.63, 3.8) is 0 Å². The van der Waals surface area contributed by atoms with Crippen LogP contribution in [0.25, 0.3) is 0 Å². The van der Waals surface area contributed by atoms with E-state index in [9.17, 15) is 31.1 Å². The predicted molar refractivity (Wildman–Crippen MR) is 130 cm³/mol. The van der Waals surface area contributed by atoms with Crippen molar-refractivity contribution in [1.29, 1.82) is 0 Å². The van der Waals surface area contributed by atoms with E-state index < -0.39 is 51.5 Å². The standard InChI is InChI=1S/C25H22Cl2F6N4O2/c26-17-6-16(7-18(27)21(17)28)24(25(31,32)33)8-20(36-39-24)37-11-14-5-19(34-10-15(14)12-37)22(38)35-9-13-1-3-23(29,30)4-2-13/h5-7,10,13H,1-4,8-9,11-12H2,(H,35,38). The van der Waals surface area contributed by atoms with Crippen LogP contribution in [-0.4, -0.2) is 40.3 Å². The van der Waals surface area contributed by atoms with Crippen molar-refractivity contribution >= 4 is 34.9 Å². The zero-order valence-corrected chi connectivity index (χ0v) is 21.7. The summed E-state index contributed by atoms with van der Waals surface area (Å²) in [5.74, 6) is -4.20. The molecule has 0 saturated heterocycles. The third-order valence-electron chi connectivity index (χ3n) is 7.41. The van der Waals surface area contributed by atoms with E-state index in [0.717, 1.165) is 12.1 Å². The second-order valence-electron chi connectivity index (χ2n) is 10.1. The number of hydrogen-bond acceptors (Lipinski definition) is 5. The molecule has 1 unspecified atom stereocenters. The van der Waals surface area contributed by atoms with E-state index in [1.54, 1.807) is 11.0 Å². The van der Waals surface area contributed by atoms with E-state index in [4.69, 9.17) is 28.0 Å². The van der Waals surface area contributed by atoms with Crippen LogP contribution in [0.4, 0.5) is 26.3 Å². The number of aromatic nitrogens is 1. The molecule has 1 aromatic heterocycles. The van der Waals surface area contributed by atoms with Crippen molar-refractivity contribution < 1.29 is 36.0 Å². The average molecular weight is 595 g/mol. The van der Waals surface area contributed by atoms with Crippen molar-refractivity contribution in [2.24, 2.45) is 11.1 Å². The van der Waals surface area contributed by atoms with Gasteiger partial charge < -0.3 is 15.1 Å². The third-order valence-corrected chi connectivity index (χ3v) is 7.96. The molecule has 1 aliphatic carbocycles. The molecule has 3 heterocycles. The zero-order chi connectivity index (χ0) is 28.2. The van der Waals surface area contributed by atoms with Gasteiger partial charge in [0, 0.05) is 44.2 Å². The summed E-state index contributed by atoms with van der Waals surface area (Å²) in [6, 6.07) is 3.19. The summed E-state index contributed by atoms with van der Waals surface area (Å²) in [6.07, 6.45) is -3.94. The van der Waals surface area contributed by atoms with Gasteiger partial charge in [0.2, 0.25) is 5.92 Å². The normalized spacial score (nSPS) is 22.9. The van der Waals surface area contributed by atoms with Crippen molar-refractivity contribution in [2.75, 3.05) is 6.54 Å². The molecule has 1 aromatic carbocycles. The molecular formula is C25H22Cl2F6N4O2. The van der Waals surface area contributed by atoms with Crippen LogP contribution in [0.2, 0.25) is 10.0 Å². The van der Waals surface area contributed by atoms with Crippen LogP contribution in [0, 0.1) is 11.7 Å². The minimum absolute atomic E-state index is 0.000182. The van der Waals surface area contributed by atoms with Gasteiger partial charge in [-0.25, -0.2) is 13.2 Å². The number of amidine groups is 1. The molecule has 6 nitrogen and oxygen atoms in total. The number of carbonyl (C=O) groups excluding carboxylic acids is 1. The Morgan fingerprint density at radius 1 is 1.10 bits per heavy atom. The van der Waals surface area contributed by atoms with Crippen molar-refractivity contribution in [2.45, 2.75) is 62.9 Å². The number of amides is 1. The number of fused-ring (bicyclic) bond motifs is 1. The van der Waals surface area contributed by atoms with Crippen LogP contribution in [0.3, 0.4) is 0 Å². The monoisotopic (exact) mass is 594 g/mol. The summed E-state index contributed by atoms with van der Waals surface area (Å²) in [5, 5.41) is 5.30. The van der Waals surface area contributed by atoms with Gasteiger partial charge in [-0.3, -0.25) is 9.78 Å². The van der Waals surface area contributed by atoms with Crippen molar-refractivity contribution in [3.05, 3.63) is 62.6 Å². The first-order valence-electron chi connectivity index (χ1n) is 12.1. The summed E-state index contributed by atoms with van der Waals surface area (Å²) >= 11 is 11.5. The number of carbonyl (C=O) groups is 1. The van der Waals surface area contributed by atoms with Crippen molar-refractivity contribution in [3.8, 4) is 0 Å². The van der Waals surface area contributed by atoms with Gasteiger partial charge in [-0.1, -0.05) is 28.4 Å². The number of alkyl halides is 5. The molecule has 1 atom stereocenters. The van der Waals surface area contributed by atoms with Gasteiger partial charge in [-0.15, -0.1) is 0 Å². The fourth-order valence-corrected chi connectivity index (χ4v) is 5.55. The molecule has 1 fully saturated rings. The lowest BCUT2D eigenvalue weighted by Gasteiger charge is -2.30. The lowest BCUT2D eigenvalue weighted by atomic mass is 9.87. The van der Waals surface area contributed by atoms with E-state index in [0.29, 0.717) is 24.0 Å². The second-order valence-corrected chi connectivity index (χ2v) is 10.9. The molecule has 1 N–H and O–H groups in total. The summed E-state index contributed by atoms with van der Waals surface area (Å²) in [4.78, 5) is 23.3. The number of pyridine rings is 1. The molecule has 3 aliphatic rings. The highest BCUT2D eigenvalue weighted by molar-refractivity contribution is 6.35. The van der Waals surface area contributed by atoms with Crippen molar-refractivity contribution in [1.82, 2.24) is 15.2 Å². The van der Waals surface area contributed by atoms with E-state index in [1.165, 1.54) is 6.20 Å². The summed E-state index contributed by atoms with van der Waals surface area (Å²) in [6.45, 7) is 0.587. The van der Waals surface area contributed by atoms with E-state index in [1.807, 2.05) is 0 Å². The maximum atomic E-state index is 14.3. The second kappa shape index (κ2) is 10.0. The summed E-state index contributed by atoms with van der Waals surface area (Å²) < 4.78 is 83.4. The molecule has 39 heavy (non-hydrogen) atoms. The number of halogens is 8. The molecule has 2 aromatic rings. The largest absolute Gasteiger partial charge is 0.435 e. The first-order chi connectivity index (χ1) is 18.3. The Bertz CT molecular complexity index is 1310. The highest BCUT2D eigenvalue weighted by Crippen LogP contribution is 2.50. The van der Waals surface area contributed by atoms with E-state index in [-0.39, 0.29) is 49.9 Å². The number of nitrogens with one attached hydrogen (secondary N) is 1. The first kappa shape index (κ1) is 27.8. The Labute approximate surface area is 229 Å². The van der Waals surface area contributed by atoms with Crippen LogP contribution in [0.15, 0.2) is 29.6 Å². The topological polar surface area (TPSA) is 66.8 Å². The Morgan fingerprint density at radius 2 is 1.74 bits per heavy atom. The Balaban J connectivity index is 1.26. The summed E-state index contributed by atoms with van der Waals surface area (Å²) in [7, 11) is 0. The summed E-state index contributed by atoms with van der Waals surface area (Å²) in [5.41, 5.74) is -1.91. The molecule has 1 saturated carbocycles. The molecule has 1 amide bonds. The Kier molecular flexibility index (Phi) is 7.15. The molecule has 2 aliphatic heterocycles. The highest BCUT2D eigenvalue weighted by Gasteiger charge is 2.63. The van der Waals surface area contributed by atoms with Gasteiger partial charge in [-0.2, -0.15) is 13.2 Å². The lowest BCUT2D eigenvalue weighted by Crippen LogP contribution is -2.44. The number of benzene rings is 1. The molecular weight excluding hydrogens is 573 g/mol. The minimum atomic E-state index is -4.93. The van der Waals surface area contributed by atoms with Gasteiger partial charge in [0.1, 0.15) is 11.5 Å². The van der Waals surface area contributed by atoms with Crippen LogP contribution in [0.1, 0.15) is 59.3 Å². The molecule has 210 valence electrons. The quantitative estimate of drug-likeness (QED) is 0.320. The van der Waals surface area contributed by atoms with Gasteiger partial charge in [0.05, 0.1) is 16.5 Å². The van der Waals surface area contributed by atoms with E-state index >= 15 is 0 Å². The average Bonchev–Trinajstić information content (AvgIpc) is 3.51. The fraction of sp³-hybridized carbons (Fsp3) is 0.480. The molecule has 5 rings (SSSR count). The maximum absolute atomic E-state index is 14.3. The molecule has 14 heteroatoms. The number of rotatable bonds is 4. The molecule has 0 bridgehead atoms. The first-order valence-corrected chi connectivity index (χ1v) is 12.9. The van der Waals surface area contributed by atoms with Crippen LogP contribution in [0.5, 0.6) is 0 Å². The van der Waals surface area contributed by atoms with Gasteiger partial charge in [0.15, 0.2) is 5.82 Å². The van der Waals surface area contributed by atoms with Crippen LogP contribution < -0.4 is 5.32 Å². The highest BCUT2D eigenvalue weighted by atomic mass is 35.5.